The highest BCUT2D eigenvalue weighted by Crippen LogP contribution is 2.23. The summed E-state index contributed by atoms with van der Waals surface area (Å²) in [6, 6.07) is 9.39. The van der Waals surface area contributed by atoms with E-state index < -0.39 is 32.6 Å². The molecule has 1 N–H and O–H groups in total. The van der Waals surface area contributed by atoms with Crippen LogP contribution in [0.4, 0.5) is 8.78 Å². The lowest BCUT2D eigenvalue weighted by atomic mass is 9.96. The molecule has 0 aliphatic rings. The first-order valence-electron chi connectivity index (χ1n) is 7.82. The van der Waals surface area contributed by atoms with Gasteiger partial charge in [0.15, 0.2) is 0 Å². The minimum atomic E-state index is -4.16. The average molecular weight is 353 g/mol. The second-order valence-electron chi connectivity index (χ2n) is 5.89. The van der Waals surface area contributed by atoms with E-state index in [1.165, 1.54) is 5.56 Å². The van der Waals surface area contributed by atoms with Crippen LogP contribution < -0.4 is 4.72 Å². The van der Waals surface area contributed by atoms with Crippen LogP contribution in [-0.4, -0.2) is 8.42 Å². The van der Waals surface area contributed by atoms with Crippen molar-refractivity contribution in [2.75, 3.05) is 0 Å². The van der Waals surface area contributed by atoms with Crippen molar-refractivity contribution < 1.29 is 17.2 Å². The maximum absolute atomic E-state index is 13.7. The van der Waals surface area contributed by atoms with Crippen LogP contribution in [0.5, 0.6) is 0 Å². The summed E-state index contributed by atoms with van der Waals surface area (Å²) in [6.45, 7) is 5.88. The van der Waals surface area contributed by atoms with Gasteiger partial charge in [-0.05, 0) is 48.6 Å². The smallest absolute Gasteiger partial charge is 0.207 e. The Morgan fingerprint density at radius 1 is 1.00 bits per heavy atom. The fourth-order valence-electron chi connectivity index (χ4n) is 2.40. The van der Waals surface area contributed by atoms with Crippen molar-refractivity contribution in [2.24, 2.45) is 0 Å². The van der Waals surface area contributed by atoms with Crippen LogP contribution in [0.2, 0.25) is 0 Å². The zero-order chi connectivity index (χ0) is 17.9. The Morgan fingerprint density at radius 3 is 2.17 bits per heavy atom. The van der Waals surface area contributed by atoms with Crippen LogP contribution in [0.3, 0.4) is 0 Å². The van der Waals surface area contributed by atoms with Crippen molar-refractivity contribution in [3.05, 3.63) is 65.2 Å². The first-order valence-corrected chi connectivity index (χ1v) is 9.30. The second-order valence-corrected chi connectivity index (χ2v) is 7.58. The van der Waals surface area contributed by atoms with Crippen molar-refractivity contribution >= 4 is 10.0 Å². The molecular weight excluding hydrogens is 332 g/mol. The molecule has 0 fully saturated rings. The highest BCUT2D eigenvalue weighted by molar-refractivity contribution is 7.89. The fourth-order valence-corrected chi connectivity index (χ4v) is 3.72. The van der Waals surface area contributed by atoms with Crippen molar-refractivity contribution in [2.45, 2.75) is 44.0 Å². The molecule has 2 unspecified atom stereocenters. The van der Waals surface area contributed by atoms with E-state index in [1.807, 2.05) is 24.3 Å². The van der Waals surface area contributed by atoms with Gasteiger partial charge in [0.25, 0.3) is 0 Å². The molecule has 0 bridgehead atoms. The number of sulfonamides is 1. The van der Waals surface area contributed by atoms with Gasteiger partial charge in [0, 0.05) is 6.04 Å². The summed E-state index contributed by atoms with van der Waals surface area (Å²) < 4.78 is 53.9. The molecule has 2 atom stereocenters. The molecule has 2 rings (SSSR count). The predicted octanol–water partition coefficient (Wildman–Crippen LogP) is 4.52. The molecule has 0 amide bonds. The Bertz CT molecular complexity index is 804. The normalized spacial score (nSPS) is 14.4. The Balaban J connectivity index is 2.21. The van der Waals surface area contributed by atoms with Crippen molar-refractivity contribution in [3.8, 4) is 0 Å². The number of rotatable bonds is 6. The SMILES string of the molecule is CCC(C)c1ccc(C(C)NS(=O)(=O)c2cc(F)ccc2F)cc1. The zero-order valence-electron chi connectivity index (χ0n) is 13.9. The lowest BCUT2D eigenvalue weighted by Crippen LogP contribution is -2.27. The number of hydrogen-bond acceptors (Lipinski definition) is 2. The van der Waals surface area contributed by atoms with Gasteiger partial charge < -0.3 is 0 Å². The van der Waals surface area contributed by atoms with Gasteiger partial charge in [-0.15, -0.1) is 0 Å². The molecule has 130 valence electrons. The third kappa shape index (κ3) is 4.19. The first kappa shape index (κ1) is 18.5. The maximum Gasteiger partial charge on any atom is 0.244 e. The van der Waals surface area contributed by atoms with Gasteiger partial charge in [-0.3, -0.25) is 0 Å². The molecule has 0 spiro atoms. The van der Waals surface area contributed by atoms with Gasteiger partial charge in [-0.25, -0.2) is 21.9 Å². The van der Waals surface area contributed by atoms with Gasteiger partial charge in [0.05, 0.1) is 0 Å². The molecule has 0 radical (unpaired) electrons. The van der Waals surface area contributed by atoms with Crippen LogP contribution in [0.15, 0.2) is 47.4 Å². The number of benzene rings is 2. The van der Waals surface area contributed by atoms with Gasteiger partial charge in [0.1, 0.15) is 16.5 Å². The summed E-state index contributed by atoms with van der Waals surface area (Å²) in [5.41, 5.74) is 1.93. The summed E-state index contributed by atoms with van der Waals surface area (Å²) >= 11 is 0. The Morgan fingerprint density at radius 2 is 1.58 bits per heavy atom. The molecule has 3 nitrogen and oxygen atoms in total. The van der Waals surface area contributed by atoms with Crippen molar-refractivity contribution in [1.29, 1.82) is 0 Å². The van der Waals surface area contributed by atoms with Crippen LogP contribution in [0.25, 0.3) is 0 Å². The number of nitrogens with one attached hydrogen (secondary N) is 1. The van der Waals surface area contributed by atoms with E-state index in [1.54, 1.807) is 6.92 Å². The highest BCUT2D eigenvalue weighted by atomic mass is 32.2. The minimum absolute atomic E-state index is 0.424. The minimum Gasteiger partial charge on any atom is -0.207 e. The zero-order valence-corrected chi connectivity index (χ0v) is 14.7. The van der Waals surface area contributed by atoms with E-state index in [9.17, 15) is 17.2 Å². The van der Waals surface area contributed by atoms with Crippen molar-refractivity contribution in [3.63, 3.8) is 0 Å². The predicted molar refractivity (Wildman–Crippen MR) is 90.2 cm³/mol. The Hall–Kier alpha value is -1.79. The molecule has 24 heavy (non-hydrogen) atoms. The van der Waals surface area contributed by atoms with Gasteiger partial charge in [-0.2, -0.15) is 0 Å². The topological polar surface area (TPSA) is 46.2 Å². The molecule has 2 aromatic rings. The third-order valence-corrected chi connectivity index (χ3v) is 5.69. The summed E-state index contributed by atoms with van der Waals surface area (Å²) in [6.07, 6.45) is 1.01. The quantitative estimate of drug-likeness (QED) is 0.830. The molecule has 0 saturated carbocycles. The standard InChI is InChI=1S/C18H21F2NO2S/c1-4-12(2)14-5-7-15(8-6-14)13(3)21-24(22,23)18-11-16(19)9-10-17(18)20/h5-13,21H,4H2,1-3H3. The Labute approximate surface area is 141 Å². The molecule has 6 heteroatoms. The second kappa shape index (κ2) is 7.40. The average Bonchev–Trinajstić information content (AvgIpc) is 2.56. The summed E-state index contributed by atoms with van der Waals surface area (Å²) in [4.78, 5) is -0.689. The van der Waals surface area contributed by atoms with E-state index in [0.717, 1.165) is 24.1 Å². The van der Waals surface area contributed by atoms with Crippen molar-refractivity contribution in [1.82, 2.24) is 4.72 Å². The van der Waals surface area contributed by atoms with Crippen LogP contribution in [0.1, 0.15) is 50.3 Å². The van der Waals surface area contributed by atoms with Gasteiger partial charge >= 0.3 is 0 Å². The van der Waals surface area contributed by atoms with E-state index in [0.29, 0.717) is 12.0 Å². The fraction of sp³-hybridized carbons (Fsp3) is 0.333. The number of hydrogen-bond donors (Lipinski definition) is 1. The molecule has 2 aromatic carbocycles. The maximum atomic E-state index is 13.7. The monoisotopic (exact) mass is 353 g/mol. The van der Waals surface area contributed by atoms with Gasteiger partial charge in [0.2, 0.25) is 10.0 Å². The van der Waals surface area contributed by atoms with Gasteiger partial charge in [-0.1, -0.05) is 38.1 Å². The van der Waals surface area contributed by atoms with E-state index in [2.05, 4.69) is 18.6 Å². The summed E-state index contributed by atoms with van der Waals surface area (Å²) in [5.74, 6) is -1.36. The van der Waals surface area contributed by atoms with Crippen LogP contribution in [0, 0.1) is 11.6 Å². The molecule has 0 aliphatic heterocycles. The third-order valence-electron chi connectivity index (χ3n) is 4.13. The van der Waals surface area contributed by atoms with Crippen LogP contribution in [-0.2, 0) is 10.0 Å². The largest absolute Gasteiger partial charge is 0.244 e. The van der Waals surface area contributed by atoms with Crippen LogP contribution >= 0.6 is 0 Å². The molecule has 0 saturated heterocycles. The summed E-state index contributed by atoms with van der Waals surface area (Å²) in [7, 11) is -4.16. The molecular formula is C18H21F2NO2S. The number of halogens is 2. The highest BCUT2D eigenvalue weighted by Gasteiger charge is 2.22. The molecule has 0 heterocycles. The lowest BCUT2D eigenvalue weighted by Gasteiger charge is -2.16. The summed E-state index contributed by atoms with van der Waals surface area (Å²) in [5, 5.41) is 0. The first-order chi connectivity index (χ1) is 11.2. The Kier molecular flexibility index (Phi) is 5.72. The molecule has 0 aromatic heterocycles. The lowest BCUT2D eigenvalue weighted by molar-refractivity contribution is 0.538. The van der Waals surface area contributed by atoms with E-state index in [4.69, 9.17) is 0 Å². The van der Waals surface area contributed by atoms with E-state index in [-0.39, 0.29) is 0 Å². The molecule has 0 aliphatic carbocycles. The van der Waals surface area contributed by atoms with E-state index >= 15 is 0 Å².